The average Bonchev–Trinajstić information content (AvgIpc) is 2.48. The predicted octanol–water partition coefficient (Wildman–Crippen LogP) is 2.77. The van der Waals surface area contributed by atoms with Gasteiger partial charge in [-0.1, -0.05) is 36.4 Å². The third-order valence-corrected chi connectivity index (χ3v) is 3.18. The molecule has 0 heterocycles. The van der Waals surface area contributed by atoms with Crippen LogP contribution in [-0.4, -0.2) is 13.0 Å². The molecule has 0 fully saturated rings. The predicted molar refractivity (Wildman–Crippen MR) is 79.7 cm³/mol. The molecule has 104 valence electrons. The maximum atomic E-state index is 12.3. The summed E-state index contributed by atoms with van der Waals surface area (Å²) in [5, 5.41) is 2.93. The van der Waals surface area contributed by atoms with Gasteiger partial charge < -0.3 is 15.8 Å². The number of para-hydroxylation sites is 1. The molecule has 1 atom stereocenters. The van der Waals surface area contributed by atoms with Crippen LogP contribution < -0.4 is 15.8 Å². The normalized spacial score (nSPS) is 11.7. The van der Waals surface area contributed by atoms with Crippen molar-refractivity contribution in [1.82, 2.24) is 5.32 Å². The third-order valence-electron chi connectivity index (χ3n) is 3.18. The van der Waals surface area contributed by atoms with Crippen LogP contribution in [0, 0.1) is 0 Å². The molecule has 0 bridgehead atoms. The van der Waals surface area contributed by atoms with Gasteiger partial charge in [0.1, 0.15) is 5.75 Å². The van der Waals surface area contributed by atoms with Crippen LogP contribution in [0.5, 0.6) is 5.75 Å². The lowest BCUT2D eigenvalue weighted by atomic mass is 10.1. The summed E-state index contributed by atoms with van der Waals surface area (Å²) in [6, 6.07) is 14.8. The summed E-state index contributed by atoms with van der Waals surface area (Å²) in [5.41, 5.74) is 7.74. The van der Waals surface area contributed by atoms with Gasteiger partial charge in [-0.2, -0.15) is 0 Å². The van der Waals surface area contributed by atoms with Gasteiger partial charge in [-0.15, -0.1) is 0 Å². The molecule has 2 rings (SSSR count). The zero-order chi connectivity index (χ0) is 14.5. The Balaban J connectivity index is 2.17. The molecule has 0 aromatic heterocycles. The Labute approximate surface area is 118 Å². The summed E-state index contributed by atoms with van der Waals surface area (Å²) in [4.78, 5) is 12.3. The molecular formula is C16H18N2O2. The molecule has 0 saturated heterocycles. The van der Waals surface area contributed by atoms with E-state index in [0.717, 1.165) is 5.56 Å². The van der Waals surface area contributed by atoms with Gasteiger partial charge in [0, 0.05) is 0 Å². The van der Waals surface area contributed by atoms with Crippen molar-refractivity contribution in [2.75, 3.05) is 12.8 Å². The summed E-state index contributed by atoms with van der Waals surface area (Å²) < 4.78 is 5.12. The summed E-state index contributed by atoms with van der Waals surface area (Å²) in [6.45, 7) is 1.93. The summed E-state index contributed by atoms with van der Waals surface area (Å²) in [5.74, 6) is 0.294. The number of amides is 1. The lowest BCUT2D eigenvalue weighted by Crippen LogP contribution is -2.27. The Morgan fingerprint density at radius 3 is 2.50 bits per heavy atom. The van der Waals surface area contributed by atoms with Crippen LogP contribution in [0.15, 0.2) is 48.5 Å². The number of rotatable bonds is 4. The molecule has 0 saturated carbocycles. The molecule has 0 aliphatic rings. The standard InChI is InChI=1S/C16H18N2O2/c1-11(12-7-4-3-5-8-12)18-16(19)13-9-6-10-14(20-2)15(13)17/h3-11H,17H2,1-2H3,(H,18,19)/t11-/m0/s1. The zero-order valence-electron chi connectivity index (χ0n) is 11.6. The topological polar surface area (TPSA) is 64.3 Å². The molecular weight excluding hydrogens is 252 g/mol. The van der Waals surface area contributed by atoms with Gasteiger partial charge in [0.2, 0.25) is 0 Å². The maximum Gasteiger partial charge on any atom is 0.253 e. The molecule has 1 amide bonds. The number of hydrogen-bond acceptors (Lipinski definition) is 3. The van der Waals surface area contributed by atoms with Crippen LogP contribution >= 0.6 is 0 Å². The second-order valence-corrected chi connectivity index (χ2v) is 4.53. The van der Waals surface area contributed by atoms with Crippen molar-refractivity contribution in [1.29, 1.82) is 0 Å². The first-order chi connectivity index (χ1) is 9.63. The highest BCUT2D eigenvalue weighted by atomic mass is 16.5. The molecule has 0 aliphatic heterocycles. The molecule has 0 spiro atoms. The summed E-state index contributed by atoms with van der Waals surface area (Å²) >= 11 is 0. The maximum absolute atomic E-state index is 12.3. The number of methoxy groups -OCH3 is 1. The van der Waals surface area contributed by atoms with E-state index in [2.05, 4.69) is 5.32 Å². The molecule has 4 heteroatoms. The number of nitrogens with two attached hydrogens (primary N) is 1. The number of carbonyl (C=O) groups excluding carboxylic acids is 1. The van der Waals surface area contributed by atoms with E-state index in [4.69, 9.17) is 10.5 Å². The lowest BCUT2D eigenvalue weighted by Gasteiger charge is -2.16. The van der Waals surface area contributed by atoms with E-state index in [1.165, 1.54) is 7.11 Å². The highest BCUT2D eigenvalue weighted by Gasteiger charge is 2.15. The molecule has 0 radical (unpaired) electrons. The largest absolute Gasteiger partial charge is 0.495 e. The average molecular weight is 270 g/mol. The number of nitrogens with one attached hydrogen (secondary N) is 1. The van der Waals surface area contributed by atoms with Gasteiger partial charge in [-0.25, -0.2) is 0 Å². The van der Waals surface area contributed by atoms with Crippen LogP contribution in [-0.2, 0) is 0 Å². The highest BCUT2D eigenvalue weighted by molar-refractivity contribution is 6.00. The minimum atomic E-state index is -0.210. The number of anilines is 1. The Morgan fingerprint density at radius 2 is 1.85 bits per heavy atom. The van der Waals surface area contributed by atoms with Crippen molar-refractivity contribution in [2.45, 2.75) is 13.0 Å². The quantitative estimate of drug-likeness (QED) is 0.840. The number of hydrogen-bond donors (Lipinski definition) is 2. The van der Waals surface area contributed by atoms with Gasteiger partial charge >= 0.3 is 0 Å². The fourth-order valence-electron chi connectivity index (χ4n) is 2.02. The van der Waals surface area contributed by atoms with E-state index in [0.29, 0.717) is 17.0 Å². The molecule has 4 nitrogen and oxygen atoms in total. The first-order valence-electron chi connectivity index (χ1n) is 6.41. The summed E-state index contributed by atoms with van der Waals surface area (Å²) in [7, 11) is 1.53. The highest BCUT2D eigenvalue weighted by Crippen LogP contribution is 2.25. The van der Waals surface area contributed by atoms with Crippen LogP contribution in [0.2, 0.25) is 0 Å². The third kappa shape index (κ3) is 2.91. The van der Waals surface area contributed by atoms with Crippen molar-refractivity contribution in [3.8, 4) is 5.75 Å². The molecule has 20 heavy (non-hydrogen) atoms. The molecule has 0 unspecified atom stereocenters. The van der Waals surface area contributed by atoms with E-state index in [1.54, 1.807) is 18.2 Å². The van der Waals surface area contributed by atoms with Crippen LogP contribution in [0.25, 0.3) is 0 Å². The zero-order valence-corrected chi connectivity index (χ0v) is 11.6. The molecule has 2 aromatic carbocycles. The molecule has 0 aliphatic carbocycles. The van der Waals surface area contributed by atoms with Crippen molar-refractivity contribution < 1.29 is 9.53 Å². The fourth-order valence-corrected chi connectivity index (χ4v) is 2.02. The van der Waals surface area contributed by atoms with Crippen LogP contribution in [0.3, 0.4) is 0 Å². The Kier molecular flexibility index (Phi) is 4.25. The van der Waals surface area contributed by atoms with Gasteiger partial charge in [-0.05, 0) is 24.6 Å². The van der Waals surface area contributed by atoms with Crippen molar-refractivity contribution in [2.24, 2.45) is 0 Å². The number of carbonyl (C=O) groups is 1. The SMILES string of the molecule is COc1cccc(C(=O)N[C@@H](C)c2ccccc2)c1N. The first-order valence-corrected chi connectivity index (χ1v) is 6.41. The smallest absolute Gasteiger partial charge is 0.253 e. The first kappa shape index (κ1) is 13.9. The fraction of sp³-hybridized carbons (Fsp3) is 0.188. The second-order valence-electron chi connectivity index (χ2n) is 4.53. The number of ether oxygens (including phenoxy) is 1. The van der Waals surface area contributed by atoms with Gasteiger partial charge in [-0.3, -0.25) is 4.79 Å². The van der Waals surface area contributed by atoms with Crippen molar-refractivity contribution in [3.63, 3.8) is 0 Å². The Bertz CT molecular complexity index is 597. The van der Waals surface area contributed by atoms with Crippen LogP contribution in [0.1, 0.15) is 28.9 Å². The van der Waals surface area contributed by atoms with Crippen molar-refractivity contribution in [3.05, 3.63) is 59.7 Å². The van der Waals surface area contributed by atoms with Crippen LogP contribution in [0.4, 0.5) is 5.69 Å². The Hall–Kier alpha value is -2.49. The Morgan fingerprint density at radius 1 is 1.15 bits per heavy atom. The number of benzene rings is 2. The van der Waals surface area contributed by atoms with Gasteiger partial charge in [0.25, 0.3) is 5.91 Å². The van der Waals surface area contributed by atoms with E-state index in [-0.39, 0.29) is 11.9 Å². The van der Waals surface area contributed by atoms with E-state index >= 15 is 0 Å². The minimum absolute atomic E-state index is 0.0886. The minimum Gasteiger partial charge on any atom is -0.495 e. The summed E-state index contributed by atoms with van der Waals surface area (Å²) in [6.07, 6.45) is 0. The van der Waals surface area contributed by atoms with E-state index in [9.17, 15) is 4.79 Å². The van der Waals surface area contributed by atoms with E-state index in [1.807, 2.05) is 37.3 Å². The monoisotopic (exact) mass is 270 g/mol. The molecule has 2 aromatic rings. The van der Waals surface area contributed by atoms with Crippen molar-refractivity contribution >= 4 is 11.6 Å². The lowest BCUT2D eigenvalue weighted by molar-refractivity contribution is 0.0940. The second kappa shape index (κ2) is 6.10. The molecule has 3 N–H and O–H groups in total. The van der Waals surface area contributed by atoms with Gasteiger partial charge in [0.15, 0.2) is 0 Å². The van der Waals surface area contributed by atoms with E-state index < -0.39 is 0 Å². The number of nitrogen functional groups attached to an aromatic ring is 1. The van der Waals surface area contributed by atoms with Gasteiger partial charge in [0.05, 0.1) is 24.4 Å².